The summed E-state index contributed by atoms with van der Waals surface area (Å²) in [5.41, 5.74) is -0.975. The van der Waals surface area contributed by atoms with Gasteiger partial charge in [-0.2, -0.15) is 4.31 Å². The molecule has 112 valence electrons. The quantitative estimate of drug-likeness (QED) is 0.879. The molecule has 0 radical (unpaired) electrons. The van der Waals surface area contributed by atoms with Crippen LogP contribution in [0.2, 0.25) is 0 Å². The van der Waals surface area contributed by atoms with E-state index in [2.05, 4.69) is 4.98 Å². The molecular weight excluding hydrogens is 282 g/mol. The first kappa shape index (κ1) is 15.0. The average Bonchev–Trinajstić information content (AvgIpc) is 2.96. The van der Waals surface area contributed by atoms with E-state index in [-0.39, 0.29) is 18.1 Å². The molecule has 2 heterocycles. The fourth-order valence-electron chi connectivity index (χ4n) is 2.44. The third-order valence-electron chi connectivity index (χ3n) is 4.14. The van der Waals surface area contributed by atoms with Crippen molar-refractivity contribution in [3.05, 3.63) is 12.0 Å². The van der Waals surface area contributed by atoms with Gasteiger partial charge in [-0.3, -0.25) is 4.79 Å². The van der Waals surface area contributed by atoms with Gasteiger partial charge in [-0.1, -0.05) is 6.92 Å². The van der Waals surface area contributed by atoms with Crippen molar-refractivity contribution in [3.8, 4) is 0 Å². The van der Waals surface area contributed by atoms with E-state index in [1.165, 1.54) is 10.5 Å². The molecule has 1 unspecified atom stereocenters. The van der Waals surface area contributed by atoms with Gasteiger partial charge in [-0.05, 0) is 19.8 Å². The number of nitrogens with zero attached hydrogens (tertiary/aromatic N) is 3. The highest BCUT2D eigenvalue weighted by atomic mass is 32.2. The van der Waals surface area contributed by atoms with Crippen molar-refractivity contribution >= 4 is 16.0 Å². The molecule has 1 aromatic heterocycles. The van der Waals surface area contributed by atoms with Gasteiger partial charge in [0.15, 0.2) is 5.03 Å². The Morgan fingerprint density at radius 1 is 1.55 bits per heavy atom. The number of imidazole rings is 1. The first-order valence-electron chi connectivity index (χ1n) is 6.46. The second kappa shape index (κ2) is 4.85. The molecule has 7 nitrogen and oxygen atoms in total. The first-order valence-corrected chi connectivity index (χ1v) is 7.90. The third kappa shape index (κ3) is 2.22. The van der Waals surface area contributed by atoms with Gasteiger partial charge in [0, 0.05) is 26.3 Å². The topological polar surface area (TPSA) is 92.5 Å². The third-order valence-corrected chi connectivity index (χ3v) is 5.86. The van der Waals surface area contributed by atoms with E-state index in [1.807, 2.05) is 0 Å². The second-order valence-corrected chi connectivity index (χ2v) is 7.15. The molecule has 0 aromatic carbocycles. The van der Waals surface area contributed by atoms with Gasteiger partial charge in [-0.15, -0.1) is 0 Å². The van der Waals surface area contributed by atoms with E-state index in [9.17, 15) is 18.3 Å². The summed E-state index contributed by atoms with van der Waals surface area (Å²) < 4.78 is 27.8. The van der Waals surface area contributed by atoms with E-state index in [0.29, 0.717) is 18.7 Å². The summed E-state index contributed by atoms with van der Waals surface area (Å²) in [6.07, 6.45) is 2.21. The molecule has 1 aromatic rings. The van der Waals surface area contributed by atoms with Crippen molar-refractivity contribution in [1.29, 1.82) is 0 Å². The van der Waals surface area contributed by atoms with Crippen LogP contribution < -0.4 is 0 Å². The van der Waals surface area contributed by atoms with Gasteiger partial charge in [0.2, 0.25) is 0 Å². The van der Waals surface area contributed by atoms with Crippen molar-refractivity contribution < 1.29 is 18.3 Å². The lowest BCUT2D eigenvalue weighted by Gasteiger charge is -2.22. The maximum atomic E-state index is 12.5. The Morgan fingerprint density at radius 2 is 2.20 bits per heavy atom. The zero-order valence-corrected chi connectivity index (χ0v) is 12.6. The molecule has 0 bridgehead atoms. The maximum absolute atomic E-state index is 12.5. The number of carboxylic acid groups (broad SMARTS) is 1. The van der Waals surface area contributed by atoms with Crippen LogP contribution in [0.3, 0.4) is 0 Å². The summed E-state index contributed by atoms with van der Waals surface area (Å²) in [4.78, 5) is 15.4. The van der Waals surface area contributed by atoms with Crippen molar-refractivity contribution in [2.75, 3.05) is 13.1 Å². The SMILES string of the molecule is CCC1(C(=O)O)CCN(S(=O)(=O)c2cn(C)c(C)n2)C1. The number of hydrogen-bond acceptors (Lipinski definition) is 4. The smallest absolute Gasteiger partial charge is 0.311 e. The van der Waals surface area contributed by atoms with E-state index in [1.54, 1.807) is 25.5 Å². The Balaban J connectivity index is 2.31. The first-order chi connectivity index (χ1) is 9.23. The average molecular weight is 301 g/mol. The zero-order chi connectivity index (χ0) is 15.1. The minimum Gasteiger partial charge on any atom is -0.481 e. The number of hydrogen-bond donors (Lipinski definition) is 1. The molecule has 1 atom stereocenters. The standard InChI is InChI=1S/C12H19N3O4S/c1-4-12(11(16)17)5-6-15(8-12)20(18,19)10-7-14(3)9(2)13-10/h7H,4-6,8H2,1-3H3,(H,16,17). The Kier molecular flexibility index (Phi) is 3.64. The fourth-order valence-corrected chi connectivity index (χ4v) is 3.99. The van der Waals surface area contributed by atoms with Crippen LogP contribution in [0.25, 0.3) is 0 Å². The number of aromatic nitrogens is 2. The second-order valence-electron chi connectivity index (χ2n) is 5.26. The van der Waals surface area contributed by atoms with Crippen molar-refractivity contribution in [2.45, 2.75) is 31.7 Å². The van der Waals surface area contributed by atoms with E-state index < -0.39 is 21.4 Å². The summed E-state index contributed by atoms with van der Waals surface area (Å²) in [6, 6.07) is 0. The van der Waals surface area contributed by atoms with Crippen LogP contribution in [-0.2, 0) is 21.9 Å². The molecule has 1 fully saturated rings. The summed E-state index contributed by atoms with van der Waals surface area (Å²) >= 11 is 0. The molecule has 1 aliphatic rings. The van der Waals surface area contributed by atoms with Gasteiger partial charge >= 0.3 is 5.97 Å². The molecule has 0 aliphatic carbocycles. The molecular formula is C12H19N3O4S. The number of sulfonamides is 1. The van der Waals surface area contributed by atoms with E-state index >= 15 is 0 Å². The van der Waals surface area contributed by atoms with E-state index in [4.69, 9.17) is 0 Å². The predicted octanol–water partition coefficient (Wildman–Crippen LogP) is 0.604. The highest BCUT2D eigenvalue weighted by molar-refractivity contribution is 7.89. The molecule has 1 aliphatic heterocycles. The lowest BCUT2D eigenvalue weighted by molar-refractivity contribution is -0.148. The largest absolute Gasteiger partial charge is 0.481 e. The Morgan fingerprint density at radius 3 is 2.60 bits per heavy atom. The molecule has 0 amide bonds. The number of carbonyl (C=O) groups is 1. The number of rotatable bonds is 4. The summed E-state index contributed by atoms with van der Waals surface area (Å²) in [5, 5.41) is 9.31. The summed E-state index contributed by atoms with van der Waals surface area (Å²) in [7, 11) is -2.00. The summed E-state index contributed by atoms with van der Waals surface area (Å²) in [5.74, 6) is -0.335. The normalized spacial score (nSPS) is 24.1. The van der Waals surface area contributed by atoms with Crippen LogP contribution in [-0.4, -0.2) is 46.4 Å². The van der Waals surface area contributed by atoms with Crippen LogP contribution in [0, 0.1) is 12.3 Å². The van der Waals surface area contributed by atoms with Gasteiger partial charge < -0.3 is 9.67 Å². The molecule has 2 rings (SSSR count). The Bertz CT molecular complexity index is 618. The van der Waals surface area contributed by atoms with E-state index in [0.717, 1.165) is 0 Å². The molecule has 1 saturated heterocycles. The van der Waals surface area contributed by atoms with Crippen LogP contribution in [0.15, 0.2) is 11.2 Å². The minimum atomic E-state index is -3.72. The molecule has 8 heteroatoms. The number of aliphatic carboxylic acids is 1. The molecule has 0 saturated carbocycles. The van der Waals surface area contributed by atoms with Crippen molar-refractivity contribution in [1.82, 2.24) is 13.9 Å². The maximum Gasteiger partial charge on any atom is 0.311 e. The molecule has 1 N–H and O–H groups in total. The van der Waals surface area contributed by atoms with Crippen LogP contribution in [0.4, 0.5) is 0 Å². The lowest BCUT2D eigenvalue weighted by atomic mass is 9.85. The van der Waals surface area contributed by atoms with Crippen molar-refractivity contribution in [2.24, 2.45) is 12.5 Å². The van der Waals surface area contributed by atoms with Gasteiger partial charge in [0.1, 0.15) is 5.82 Å². The minimum absolute atomic E-state index is 0.0107. The Labute approximate surface area is 118 Å². The molecule has 0 spiro atoms. The zero-order valence-electron chi connectivity index (χ0n) is 11.8. The van der Waals surface area contributed by atoms with Gasteiger partial charge in [-0.25, -0.2) is 13.4 Å². The van der Waals surface area contributed by atoms with Crippen molar-refractivity contribution in [3.63, 3.8) is 0 Å². The fraction of sp³-hybridized carbons (Fsp3) is 0.667. The Hall–Kier alpha value is -1.41. The van der Waals surface area contributed by atoms with Crippen LogP contribution >= 0.6 is 0 Å². The highest BCUT2D eigenvalue weighted by Crippen LogP contribution is 2.36. The summed E-state index contributed by atoms with van der Waals surface area (Å²) in [6.45, 7) is 3.72. The highest BCUT2D eigenvalue weighted by Gasteiger charge is 2.47. The predicted molar refractivity (Wildman–Crippen MR) is 71.7 cm³/mol. The van der Waals surface area contributed by atoms with Gasteiger partial charge in [0.25, 0.3) is 10.0 Å². The van der Waals surface area contributed by atoms with Crippen LogP contribution in [0.5, 0.6) is 0 Å². The number of carboxylic acids is 1. The number of aryl methyl sites for hydroxylation is 2. The molecule has 20 heavy (non-hydrogen) atoms. The van der Waals surface area contributed by atoms with Crippen LogP contribution in [0.1, 0.15) is 25.6 Å². The monoisotopic (exact) mass is 301 g/mol. The van der Waals surface area contributed by atoms with Gasteiger partial charge in [0.05, 0.1) is 5.41 Å². The lowest BCUT2D eigenvalue weighted by Crippen LogP contribution is -2.36.